The Labute approximate surface area is 72.0 Å². The molecule has 0 rings (SSSR count). The molecule has 68 valence electrons. The molecular weight excluding hydrogens is 202 g/mol. The molecule has 0 bridgehead atoms. The van der Waals surface area contributed by atoms with Gasteiger partial charge in [-0.3, -0.25) is 0 Å². The van der Waals surface area contributed by atoms with Crippen LogP contribution in [0.15, 0.2) is 0 Å². The average Bonchev–Trinajstić information content (AvgIpc) is 1.98. The molecule has 5 nitrogen and oxygen atoms in total. The summed E-state index contributed by atoms with van der Waals surface area (Å²) in [6.45, 7) is 0. The molecule has 1 unspecified atom stereocenters. The minimum atomic E-state index is -1.00. The van der Waals surface area contributed by atoms with Gasteiger partial charge < -0.3 is 0 Å². The van der Waals surface area contributed by atoms with Crippen molar-refractivity contribution in [2.75, 3.05) is 0 Å². The van der Waals surface area contributed by atoms with Crippen molar-refractivity contribution in [3.63, 3.8) is 0 Å². The van der Waals surface area contributed by atoms with E-state index >= 15 is 0 Å². The van der Waals surface area contributed by atoms with Gasteiger partial charge in [0.1, 0.15) is 0 Å². The number of carboxylic acid groups (broad SMARTS) is 1. The molecule has 0 spiro atoms. The molecule has 0 saturated heterocycles. The molecule has 0 heterocycles. The van der Waals surface area contributed by atoms with Crippen LogP contribution in [0.5, 0.6) is 0 Å². The molecule has 11 heavy (non-hydrogen) atoms. The summed E-state index contributed by atoms with van der Waals surface area (Å²) in [4.78, 5) is 20.5. The molecule has 0 fully saturated rings. The van der Waals surface area contributed by atoms with Crippen molar-refractivity contribution < 1.29 is 34.9 Å². The quantitative estimate of drug-likeness (QED) is 0.591. The van der Waals surface area contributed by atoms with Gasteiger partial charge in [0, 0.05) is 0 Å². The van der Waals surface area contributed by atoms with Crippen molar-refractivity contribution in [3.8, 4) is 0 Å². The van der Waals surface area contributed by atoms with Crippen LogP contribution in [0, 0.1) is 0 Å². The Bertz CT molecular complexity index is 161. The molecule has 0 amide bonds. The Balaban J connectivity index is 3.60. The number of nitrogens with two attached hydrogens (primary N) is 1. The summed E-state index contributed by atoms with van der Waals surface area (Å²) in [5.41, 5.74) is 5.17. The Morgan fingerprint density at radius 2 is 2.18 bits per heavy atom. The average molecular weight is 210 g/mol. The molecule has 0 aromatic carbocycles. The van der Waals surface area contributed by atoms with Crippen molar-refractivity contribution in [1.82, 2.24) is 0 Å². The number of carbonyl (C=O) groups excluding carboxylic acids is 1. The van der Waals surface area contributed by atoms with Crippen LogP contribution in [0.1, 0.15) is 12.8 Å². The van der Waals surface area contributed by atoms with E-state index in [1.165, 1.54) is 0 Å². The fraction of sp³-hybridized carbons (Fsp3) is 0.600. The van der Waals surface area contributed by atoms with E-state index in [9.17, 15) is 9.59 Å². The number of carboxylic acids is 1. The fourth-order valence-electron chi connectivity index (χ4n) is 0.442. The molecular formula is C5H8CuNO4. The topological polar surface area (TPSA) is 89.6 Å². The third-order valence-corrected chi connectivity index (χ3v) is 1.22. The van der Waals surface area contributed by atoms with Crippen LogP contribution in [0.3, 0.4) is 0 Å². The SMILES string of the molecule is NC(CCC(=O)O)C(=O)[O][Cu]. The van der Waals surface area contributed by atoms with Gasteiger partial charge in [0.15, 0.2) is 0 Å². The van der Waals surface area contributed by atoms with E-state index in [1.807, 2.05) is 0 Å². The predicted octanol–water partition coefficient (Wildman–Crippen LogP) is -0.816. The van der Waals surface area contributed by atoms with E-state index in [0.717, 1.165) is 0 Å². The monoisotopic (exact) mass is 209 g/mol. The minimum absolute atomic E-state index is 0.0431. The van der Waals surface area contributed by atoms with Gasteiger partial charge in [-0.05, 0) is 0 Å². The van der Waals surface area contributed by atoms with E-state index in [2.05, 4.69) is 20.2 Å². The Morgan fingerprint density at radius 3 is 2.55 bits per heavy atom. The van der Waals surface area contributed by atoms with Crippen LogP contribution in [0.25, 0.3) is 0 Å². The van der Waals surface area contributed by atoms with E-state index in [-0.39, 0.29) is 12.8 Å². The molecule has 0 aromatic heterocycles. The molecule has 3 N–H and O–H groups in total. The first-order valence-corrected chi connectivity index (χ1v) is 3.23. The Hall–Kier alpha value is -0.581. The second-order valence-corrected chi connectivity index (χ2v) is 2.11. The van der Waals surface area contributed by atoms with E-state index in [0.29, 0.717) is 0 Å². The van der Waals surface area contributed by atoms with Gasteiger partial charge in [-0.25, -0.2) is 0 Å². The number of aliphatic carboxylic acids is 1. The summed E-state index contributed by atoms with van der Waals surface area (Å²) in [5.74, 6) is -1.78. The summed E-state index contributed by atoms with van der Waals surface area (Å²) in [6.07, 6.45) is -0.120. The van der Waals surface area contributed by atoms with Crippen molar-refractivity contribution in [1.29, 1.82) is 0 Å². The second-order valence-electron chi connectivity index (χ2n) is 1.92. The normalized spacial score (nSPS) is 12.3. The number of carbonyl (C=O) groups is 2. The van der Waals surface area contributed by atoms with Crippen LogP contribution in [-0.2, 0) is 29.8 Å². The first kappa shape index (κ1) is 10.4. The molecule has 0 radical (unpaired) electrons. The molecule has 1 atom stereocenters. The molecule has 0 saturated carbocycles. The van der Waals surface area contributed by atoms with E-state index in [1.54, 1.807) is 0 Å². The summed E-state index contributed by atoms with van der Waals surface area (Å²) < 4.78 is 3.85. The van der Waals surface area contributed by atoms with Gasteiger partial charge >= 0.3 is 71.4 Å². The van der Waals surface area contributed by atoms with Crippen LogP contribution >= 0.6 is 0 Å². The fourth-order valence-corrected chi connectivity index (χ4v) is 0.585. The van der Waals surface area contributed by atoms with Crippen LogP contribution in [-0.4, -0.2) is 23.1 Å². The Kier molecular flexibility index (Phi) is 4.85. The van der Waals surface area contributed by atoms with Crippen molar-refractivity contribution >= 4 is 11.9 Å². The third-order valence-electron chi connectivity index (χ3n) is 1.03. The van der Waals surface area contributed by atoms with Gasteiger partial charge in [-0.2, -0.15) is 0 Å². The van der Waals surface area contributed by atoms with Crippen LogP contribution in [0.2, 0.25) is 0 Å². The molecule has 0 aliphatic heterocycles. The van der Waals surface area contributed by atoms with Crippen molar-refractivity contribution in [2.45, 2.75) is 18.9 Å². The maximum absolute atomic E-state index is 10.5. The van der Waals surface area contributed by atoms with Gasteiger partial charge in [0.25, 0.3) is 0 Å². The zero-order valence-electron chi connectivity index (χ0n) is 5.54. The number of rotatable bonds is 4. The van der Waals surface area contributed by atoms with Crippen molar-refractivity contribution in [3.05, 3.63) is 0 Å². The maximum atomic E-state index is 10.5. The predicted molar refractivity (Wildman–Crippen MR) is 30.9 cm³/mol. The van der Waals surface area contributed by atoms with E-state index < -0.39 is 18.0 Å². The summed E-state index contributed by atoms with van der Waals surface area (Å²) in [7, 11) is 0. The summed E-state index contributed by atoms with van der Waals surface area (Å²) in [6, 6.07) is -0.932. The molecule has 6 heteroatoms. The number of hydrogen-bond acceptors (Lipinski definition) is 4. The summed E-state index contributed by atoms with van der Waals surface area (Å²) in [5, 5.41) is 8.18. The van der Waals surface area contributed by atoms with Gasteiger partial charge in [0.05, 0.1) is 0 Å². The summed E-state index contributed by atoms with van der Waals surface area (Å²) >= 11 is 4.09. The standard InChI is InChI=1S/C5H9NO4.Cu/c6-3(5(9)10)1-2-4(7)8;/h3H,1-2,6H2,(H,7,8)(H,9,10);/q;+1/p-1. The zero-order valence-corrected chi connectivity index (χ0v) is 6.48. The zero-order chi connectivity index (χ0) is 8.85. The Morgan fingerprint density at radius 1 is 1.64 bits per heavy atom. The van der Waals surface area contributed by atoms with Gasteiger partial charge in [-0.15, -0.1) is 0 Å². The molecule has 0 aliphatic rings. The third kappa shape index (κ3) is 4.78. The first-order chi connectivity index (χ1) is 5.07. The van der Waals surface area contributed by atoms with Gasteiger partial charge in [0.2, 0.25) is 0 Å². The van der Waals surface area contributed by atoms with Crippen LogP contribution in [0.4, 0.5) is 0 Å². The first-order valence-electron chi connectivity index (χ1n) is 2.84. The molecule has 0 aromatic rings. The number of hydrogen-bond donors (Lipinski definition) is 2. The van der Waals surface area contributed by atoms with Crippen molar-refractivity contribution in [2.24, 2.45) is 5.73 Å². The molecule has 0 aliphatic carbocycles. The van der Waals surface area contributed by atoms with E-state index in [4.69, 9.17) is 10.8 Å². The van der Waals surface area contributed by atoms with Crippen LogP contribution < -0.4 is 5.73 Å². The van der Waals surface area contributed by atoms with Gasteiger partial charge in [-0.1, -0.05) is 0 Å². The second kappa shape index (κ2) is 5.12.